The van der Waals surface area contributed by atoms with Crippen LogP contribution >= 0.6 is 55.1 Å². The molecule has 1 aromatic carbocycles. The Kier molecular flexibility index (Phi) is 4.37. The maximum absolute atomic E-state index is 13.5. The minimum absolute atomic E-state index is 0.0691. The summed E-state index contributed by atoms with van der Waals surface area (Å²) in [5, 5.41) is 0.138. The molecule has 0 nitrogen and oxygen atoms in total. The zero-order valence-corrected chi connectivity index (χ0v) is 11.6. The van der Waals surface area contributed by atoms with E-state index in [4.69, 9.17) is 23.2 Å². The smallest absolute Gasteiger partial charge is 0.220 e. The standard InChI is InChI=1S/C8H3Br2Cl2F3/c9-6-4(11)1-3(2-5(6)12)8(10,15)7(13)14/h1-2,7H. The molecule has 0 aliphatic heterocycles. The molecule has 1 unspecified atom stereocenters. The maximum Gasteiger partial charge on any atom is 0.286 e. The number of benzene rings is 1. The van der Waals surface area contributed by atoms with E-state index < -0.39 is 11.0 Å². The molecule has 0 heterocycles. The SMILES string of the molecule is FC(F)C(F)(Br)c1cc(Cl)c(Br)c(Cl)c1. The molecule has 1 atom stereocenters. The van der Waals surface area contributed by atoms with E-state index in [2.05, 4.69) is 31.9 Å². The van der Waals surface area contributed by atoms with Gasteiger partial charge < -0.3 is 0 Å². The van der Waals surface area contributed by atoms with Gasteiger partial charge in [0.05, 0.1) is 14.5 Å². The van der Waals surface area contributed by atoms with Gasteiger partial charge in [-0.3, -0.25) is 0 Å². The van der Waals surface area contributed by atoms with E-state index in [9.17, 15) is 13.2 Å². The highest BCUT2D eigenvalue weighted by atomic mass is 79.9. The molecule has 0 aliphatic carbocycles. The largest absolute Gasteiger partial charge is 0.286 e. The van der Waals surface area contributed by atoms with E-state index in [1.54, 1.807) is 0 Å². The quantitative estimate of drug-likeness (QED) is 0.462. The maximum atomic E-state index is 13.5. The summed E-state index contributed by atoms with van der Waals surface area (Å²) in [6.45, 7) is 0. The van der Waals surface area contributed by atoms with E-state index in [0.717, 1.165) is 12.1 Å². The van der Waals surface area contributed by atoms with Crippen LogP contribution < -0.4 is 0 Å². The van der Waals surface area contributed by atoms with Crippen molar-refractivity contribution >= 4 is 55.1 Å². The fraction of sp³-hybridized carbons (Fsp3) is 0.250. The third-order valence-electron chi connectivity index (χ3n) is 1.64. The van der Waals surface area contributed by atoms with Gasteiger partial charge in [0.15, 0.2) is 0 Å². The molecule has 0 spiro atoms. The Morgan fingerprint density at radius 1 is 1.20 bits per heavy atom. The van der Waals surface area contributed by atoms with Gasteiger partial charge in [-0.1, -0.05) is 23.2 Å². The van der Waals surface area contributed by atoms with Crippen molar-refractivity contribution in [1.29, 1.82) is 0 Å². The zero-order chi connectivity index (χ0) is 11.8. The second-order valence-corrected chi connectivity index (χ2v) is 5.44. The number of hydrogen-bond donors (Lipinski definition) is 0. The van der Waals surface area contributed by atoms with Crippen LogP contribution in [0, 0.1) is 0 Å². The topological polar surface area (TPSA) is 0 Å². The fourth-order valence-corrected chi connectivity index (χ4v) is 1.82. The summed E-state index contributed by atoms with van der Waals surface area (Å²) >= 11 is 16.7. The highest BCUT2D eigenvalue weighted by molar-refractivity contribution is 9.10. The summed E-state index contributed by atoms with van der Waals surface area (Å²) in [6.07, 6.45) is -3.22. The molecule has 15 heavy (non-hydrogen) atoms. The van der Waals surface area contributed by atoms with E-state index in [-0.39, 0.29) is 15.6 Å². The van der Waals surface area contributed by atoms with Gasteiger partial charge in [0.25, 0.3) is 6.43 Å². The second-order valence-electron chi connectivity index (χ2n) is 2.68. The van der Waals surface area contributed by atoms with Crippen molar-refractivity contribution in [3.05, 3.63) is 32.2 Å². The van der Waals surface area contributed by atoms with E-state index >= 15 is 0 Å². The molecule has 0 fully saturated rings. The Bertz CT molecular complexity index is 359. The minimum atomic E-state index is -3.22. The summed E-state index contributed by atoms with van der Waals surface area (Å²) in [5.74, 6) is 0. The van der Waals surface area contributed by atoms with Crippen molar-refractivity contribution in [2.45, 2.75) is 11.0 Å². The molecule has 1 aromatic rings. The molecular formula is C8H3Br2Cl2F3. The number of alkyl halides is 4. The van der Waals surface area contributed by atoms with Crippen LogP contribution in [0.2, 0.25) is 10.0 Å². The second kappa shape index (κ2) is 4.82. The van der Waals surface area contributed by atoms with Crippen LogP contribution in [0.4, 0.5) is 13.2 Å². The van der Waals surface area contributed by atoms with Crippen LogP contribution in [0.15, 0.2) is 16.6 Å². The van der Waals surface area contributed by atoms with Gasteiger partial charge in [0, 0.05) is 5.56 Å². The Balaban J connectivity index is 3.28. The Hall–Kier alpha value is 0.550. The predicted octanol–water partition coefficient (Wildman–Crippen LogP) is 5.54. The summed E-state index contributed by atoms with van der Waals surface area (Å²) < 4.78 is 35.6. The van der Waals surface area contributed by atoms with Gasteiger partial charge in [-0.05, 0) is 44.0 Å². The third kappa shape index (κ3) is 2.81. The van der Waals surface area contributed by atoms with Crippen LogP contribution in [0.1, 0.15) is 5.56 Å². The fourth-order valence-electron chi connectivity index (χ4n) is 0.874. The molecular weight excluding hydrogens is 384 g/mol. The Labute approximate surface area is 111 Å². The first-order valence-corrected chi connectivity index (χ1v) is 5.92. The molecule has 0 radical (unpaired) electrons. The van der Waals surface area contributed by atoms with E-state index in [0.29, 0.717) is 4.47 Å². The number of hydrogen-bond acceptors (Lipinski definition) is 0. The van der Waals surface area contributed by atoms with Crippen LogP contribution in [0.25, 0.3) is 0 Å². The van der Waals surface area contributed by atoms with Crippen molar-refractivity contribution in [1.82, 2.24) is 0 Å². The van der Waals surface area contributed by atoms with Gasteiger partial charge in [-0.25, -0.2) is 13.2 Å². The predicted molar refractivity (Wildman–Crippen MR) is 61.9 cm³/mol. The first-order chi connectivity index (χ1) is 6.76. The average molecular weight is 387 g/mol. The van der Waals surface area contributed by atoms with Crippen molar-refractivity contribution < 1.29 is 13.2 Å². The van der Waals surface area contributed by atoms with Crippen molar-refractivity contribution in [2.24, 2.45) is 0 Å². The lowest BCUT2D eigenvalue weighted by atomic mass is 10.1. The zero-order valence-electron chi connectivity index (χ0n) is 6.88. The normalized spacial score (nSPS) is 15.5. The first kappa shape index (κ1) is 13.6. The molecule has 0 saturated heterocycles. The average Bonchev–Trinajstić information content (AvgIpc) is 2.13. The summed E-state index contributed by atoms with van der Waals surface area (Å²) in [5.41, 5.74) is -0.323. The first-order valence-electron chi connectivity index (χ1n) is 3.57. The molecule has 7 heteroatoms. The lowest BCUT2D eigenvalue weighted by molar-refractivity contribution is 0.0301. The lowest BCUT2D eigenvalue weighted by Crippen LogP contribution is -2.21. The van der Waals surface area contributed by atoms with Crippen molar-refractivity contribution in [3.63, 3.8) is 0 Å². The summed E-state index contributed by atoms with van der Waals surface area (Å²) in [6, 6.07) is 2.16. The minimum Gasteiger partial charge on any atom is -0.220 e. The molecule has 1 rings (SSSR count). The van der Waals surface area contributed by atoms with Crippen molar-refractivity contribution in [3.8, 4) is 0 Å². The van der Waals surface area contributed by atoms with Crippen LogP contribution in [-0.2, 0) is 4.58 Å². The van der Waals surface area contributed by atoms with Crippen LogP contribution in [0.3, 0.4) is 0 Å². The molecule has 0 aliphatic rings. The van der Waals surface area contributed by atoms with Gasteiger partial charge in [0.1, 0.15) is 0 Å². The molecule has 0 saturated carbocycles. The molecule has 0 N–H and O–H groups in total. The molecule has 0 aromatic heterocycles. The van der Waals surface area contributed by atoms with Gasteiger partial charge in [0.2, 0.25) is 4.58 Å². The van der Waals surface area contributed by atoms with Crippen molar-refractivity contribution in [2.75, 3.05) is 0 Å². The third-order valence-corrected chi connectivity index (χ3v) is 4.35. The van der Waals surface area contributed by atoms with E-state index in [1.165, 1.54) is 0 Å². The van der Waals surface area contributed by atoms with Crippen LogP contribution in [0.5, 0.6) is 0 Å². The van der Waals surface area contributed by atoms with Crippen LogP contribution in [-0.4, -0.2) is 6.43 Å². The highest BCUT2D eigenvalue weighted by Crippen LogP contribution is 2.43. The molecule has 84 valence electrons. The van der Waals surface area contributed by atoms with Gasteiger partial charge in [-0.15, -0.1) is 0 Å². The highest BCUT2D eigenvalue weighted by Gasteiger charge is 2.40. The number of rotatable bonds is 2. The van der Waals surface area contributed by atoms with E-state index in [1.807, 2.05) is 0 Å². The molecule has 0 amide bonds. The summed E-state index contributed by atoms with van der Waals surface area (Å²) in [7, 11) is 0. The number of halogens is 7. The summed E-state index contributed by atoms with van der Waals surface area (Å²) in [4.78, 5) is 0. The monoisotopic (exact) mass is 384 g/mol. The van der Waals surface area contributed by atoms with Gasteiger partial charge >= 0.3 is 0 Å². The lowest BCUT2D eigenvalue weighted by Gasteiger charge is -2.18. The van der Waals surface area contributed by atoms with Gasteiger partial charge in [-0.2, -0.15) is 0 Å². The Morgan fingerprint density at radius 2 is 1.60 bits per heavy atom. The Morgan fingerprint density at radius 3 is 1.93 bits per heavy atom. The molecule has 0 bridgehead atoms.